The second-order valence-corrected chi connectivity index (χ2v) is 6.02. The zero-order valence-corrected chi connectivity index (χ0v) is 13.5. The molecular weight excluding hydrogens is 326 g/mol. The van der Waals surface area contributed by atoms with E-state index in [2.05, 4.69) is 52.3 Å². The predicted molar refractivity (Wildman–Crippen MR) is 82.7 cm³/mol. The number of aromatic nitrogens is 2. The van der Waals surface area contributed by atoms with Crippen LogP contribution >= 0.6 is 27.5 Å². The van der Waals surface area contributed by atoms with Crippen molar-refractivity contribution in [2.45, 2.75) is 25.9 Å². The topological polar surface area (TPSA) is 29.9 Å². The number of hydrogen-bond acceptors (Lipinski definition) is 2. The Bertz CT molecular complexity index is 566. The normalized spacial score (nSPS) is 12.9. The molecule has 1 atom stereocenters. The van der Waals surface area contributed by atoms with Crippen LogP contribution in [0, 0.1) is 0 Å². The first-order valence-corrected chi connectivity index (χ1v) is 7.37. The van der Waals surface area contributed by atoms with E-state index in [4.69, 9.17) is 11.6 Å². The van der Waals surface area contributed by atoms with Crippen LogP contribution in [0.4, 0.5) is 0 Å². The van der Waals surface area contributed by atoms with Crippen LogP contribution in [-0.2, 0) is 0 Å². The molecule has 1 aromatic heterocycles. The van der Waals surface area contributed by atoms with Crippen LogP contribution in [0.2, 0.25) is 5.02 Å². The summed E-state index contributed by atoms with van der Waals surface area (Å²) in [6, 6.07) is 8.50. The third kappa shape index (κ3) is 3.02. The molecular formula is C14H17BrClN3. The minimum Gasteiger partial charge on any atom is -0.308 e. The summed E-state index contributed by atoms with van der Waals surface area (Å²) in [5.41, 5.74) is 2.15. The summed E-state index contributed by atoms with van der Waals surface area (Å²) in [6.07, 6.45) is 1.71. The van der Waals surface area contributed by atoms with Gasteiger partial charge >= 0.3 is 0 Å². The van der Waals surface area contributed by atoms with Crippen LogP contribution in [0.3, 0.4) is 0 Å². The number of nitrogens with one attached hydrogen (secondary N) is 1. The maximum Gasteiger partial charge on any atom is 0.0837 e. The summed E-state index contributed by atoms with van der Waals surface area (Å²) < 4.78 is 3.02. The molecule has 0 spiro atoms. The first-order valence-electron chi connectivity index (χ1n) is 6.20. The third-order valence-corrected chi connectivity index (χ3v) is 3.80. The first-order chi connectivity index (χ1) is 9.04. The molecule has 3 nitrogen and oxygen atoms in total. The van der Waals surface area contributed by atoms with Gasteiger partial charge in [-0.2, -0.15) is 5.10 Å². The fourth-order valence-corrected chi connectivity index (χ4v) is 2.84. The van der Waals surface area contributed by atoms with Crippen molar-refractivity contribution >= 4 is 27.5 Å². The van der Waals surface area contributed by atoms with Crippen LogP contribution in [-0.4, -0.2) is 16.8 Å². The van der Waals surface area contributed by atoms with Crippen LogP contribution in [0.1, 0.15) is 37.2 Å². The molecule has 0 aliphatic rings. The van der Waals surface area contributed by atoms with Crippen molar-refractivity contribution in [3.05, 3.63) is 51.2 Å². The van der Waals surface area contributed by atoms with Gasteiger partial charge in [0.25, 0.3) is 0 Å². The van der Waals surface area contributed by atoms with E-state index in [1.165, 1.54) is 0 Å². The van der Waals surface area contributed by atoms with Crippen LogP contribution in [0.25, 0.3) is 0 Å². The lowest BCUT2D eigenvalue weighted by atomic mass is 10.0. The van der Waals surface area contributed by atoms with Gasteiger partial charge in [-0.15, -0.1) is 0 Å². The largest absolute Gasteiger partial charge is 0.308 e. The Morgan fingerprint density at radius 1 is 1.37 bits per heavy atom. The van der Waals surface area contributed by atoms with Gasteiger partial charge in [0.2, 0.25) is 0 Å². The van der Waals surface area contributed by atoms with Crippen LogP contribution in [0.15, 0.2) is 34.9 Å². The first kappa shape index (κ1) is 14.6. The smallest absolute Gasteiger partial charge is 0.0837 e. The molecule has 2 aromatic rings. The van der Waals surface area contributed by atoms with E-state index in [0.717, 1.165) is 15.7 Å². The number of benzene rings is 1. The van der Waals surface area contributed by atoms with E-state index in [1.807, 2.05) is 23.9 Å². The van der Waals surface area contributed by atoms with Gasteiger partial charge in [-0.25, -0.2) is 0 Å². The predicted octanol–water partition coefficient (Wildman–Crippen LogP) is 4.19. The number of nitrogens with zero attached hydrogens (tertiary/aromatic N) is 2. The molecule has 5 heteroatoms. The molecule has 0 amide bonds. The van der Waals surface area contributed by atoms with Crippen molar-refractivity contribution in [3.63, 3.8) is 0 Å². The van der Waals surface area contributed by atoms with Gasteiger partial charge in [0, 0.05) is 10.5 Å². The summed E-state index contributed by atoms with van der Waals surface area (Å²) >= 11 is 9.82. The summed E-state index contributed by atoms with van der Waals surface area (Å²) in [4.78, 5) is 0. The van der Waals surface area contributed by atoms with Gasteiger partial charge in [-0.1, -0.05) is 39.7 Å². The van der Waals surface area contributed by atoms with Crippen molar-refractivity contribution in [3.8, 4) is 0 Å². The third-order valence-electron chi connectivity index (χ3n) is 3.02. The lowest BCUT2D eigenvalue weighted by molar-refractivity contribution is 0.484. The van der Waals surface area contributed by atoms with Gasteiger partial charge in [-0.05, 0) is 38.6 Å². The minimum absolute atomic E-state index is 0.0231. The standard InChI is InChI=1S/C14H17BrClN3/c1-9(2)19-14(12(16)8-18-19)13(17-3)10-5-4-6-11(15)7-10/h4-9,13,17H,1-3H3. The Kier molecular flexibility index (Phi) is 4.66. The highest BCUT2D eigenvalue weighted by Crippen LogP contribution is 2.30. The molecule has 1 N–H and O–H groups in total. The highest BCUT2D eigenvalue weighted by molar-refractivity contribution is 9.10. The average Bonchev–Trinajstić information content (AvgIpc) is 2.73. The molecule has 0 saturated carbocycles. The van der Waals surface area contributed by atoms with Gasteiger partial charge < -0.3 is 5.32 Å². The Balaban J connectivity index is 2.51. The van der Waals surface area contributed by atoms with E-state index < -0.39 is 0 Å². The van der Waals surface area contributed by atoms with Gasteiger partial charge in [0.05, 0.1) is 23.0 Å². The zero-order chi connectivity index (χ0) is 14.0. The lowest BCUT2D eigenvalue weighted by Crippen LogP contribution is -2.22. The molecule has 0 bridgehead atoms. The Morgan fingerprint density at radius 3 is 2.68 bits per heavy atom. The molecule has 0 aliphatic heterocycles. The fraction of sp³-hybridized carbons (Fsp3) is 0.357. The maximum absolute atomic E-state index is 6.32. The quantitative estimate of drug-likeness (QED) is 0.903. The highest BCUT2D eigenvalue weighted by atomic mass is 79.9. The molecule has 2 rings (SSSR count). The molecule has 19 heavy (non-hydrogen) atoms. The fourth-order valence-electron chi connectivity index (χ4n) is 2.18. The zero-order valence-electron chi connectivity index (χ0n) is 11.2. The van der Waals surface area contributed by atoms with Crippen molar-refractivity contribution < 1.29 is 0 Å². The summed E-state index contributed by atoms with van der Waals surface area (Å²) in [6.45, 7) is 4.20. The maximum atomic E-state index is 6.32. The second-order valence-electron chi connectivity index (χ2n) is 4.69. The molecule has 1 aromatic carbocycles. The number of halogens is 2. The second kappa shape index (κ2) is 6.07. The molecule has 1 heterocycles. The molecule has 0 fully saturated rings. The molecule has 1 unspecified atom stereocenters. The van der Waals surface area contributed by atoms with Crippen molar-refractivity contribution in [2.24, 2.45) is 0 Å². The van der Waals surface area contributed by atoms with E-state index in [1.54, 1.807) is 6.20 Å². The van der Waals surface area contributed by atoms with Gasteiger partial charge in [0.1, 0.15) is 0 Å². The van der Waals surface area contributed by atoms with E-state index in [0.29, 0.717) is 5.02 Å². The van der Waals surface area contributed by atoms with Gasteiger partial charge in [-0.3, -0.25) is 4.68 Å². The lowest BCUT2D eigenvalue weighted by Gasteiger charge is -2.21. The molecule has 102 valence electrons. The monoisotopic (exact) mass is 341 g/mol. The Hall–Kier alpha value is -0.840. The van der Waals surface area contributed by atoms with Crippen LogP contribution in [0.5, 0.6) is 0 Å². The summed E-state index contributed by atoms with van der Waals surface area (Å²) in [5, 5.41) is 8.37. The summed E-state index contributed by atoms with van der Waals surface area (Å²) in [7, 11) is 1.93. The minimum atomic E-state index is 0.0231. The van der Waals surface area contributed by atoms with E-state index >= 15 is 0 Å². The average molecular weight is 343 g/mol. The SMILES string of the molecule is CNC(c1cccc(Br)c1)c1c(Cl)cnn1C(C)C. The number of hydrogen-bond donors (Lipinski definition) is 1. The van der Waals surface area contributed by atoms with Crippen molar-refractivity contribution in [2.75, 3.05) is 7.05 Å². The Morgan fingerprint density at radius 2 is 2.11 bits per heavy atom. The van der Waals surface area contributed by atoms with Crippen molar-refractivity contribution in [1.29, 1.82) is 0 Å². The summed E-state index contributed by atoms with van der Waals surface area (Å²) in [5.74, 6) is 0. The number of rotatable bonds is 4. The highest BCUT2D eigenvalue weighted by Gasteiger charge is 2.22. The van der Waals surface area contributed by atoms with Crippen molar-refractivity contribution in [1.82, 2.24) is 15.1 Å². The van der Waals surface area contributed by atoms with Gasteiger partial charge in [0.15, 0.2) is 0 Å². The van der Waals surface area contributed by atoms with Crippen LogP contribution < -0.4 is 5.32 Å². The molecule has 0 saturated heterocycles. The molecule has 0 aliphatic carbocycles. The Labute approximate surface area is 127 Å². The van der Waals surface area contributed by atoms with E-state index in [9.17, 15) is 0 Å². The molecule has 0 radical (unpaired) electrons. The van der Waals surface area contributed by atoms with E-state index in [-0.39, 0.29) is 12.1 Å².